The summed E-state index contributed by atoms with van der Waals surface area (Å²) in [5.74, 6) is 0.142. The fraction of sp³-hybridized carbons (Fsp3) is 0.500. The highest BCUT2D eigenvalue weighted by molar-refractivity contribution is 7.89. The summed E-state index contributed by atoms with van der Waals surface area (Å²) in [4.78, 5) is -0.429. The van der Waals surface area contributed by atoms with Crippen molar-refractivity contribution < 1.29 is 17.0 Å². The van der Waals surface area contributed by atoms with Crippen LogP contribution in [0.2, 0.25) is 0 Å². The molecule has 0 aromatic heterocycles. The Bertz CT molecular complexity index is 636. The smallest absolute Gasteiger partial charge is 0.243 e. The van der Waals surface area contributed by atoms with Crippen molar-refractivity contribution in [2.45, 2.75) is 30.7 Å². The predicted molar refractivity (Wildman–Crippen MR) is 76.8 cm³/mol. The Balaban J connectivity index is 2.25. The first-order chi connectivity index (χ1) is 9.29. The van der Waals surface area contributed by atoms with Crippen molar-refractivity contribution in [1.82, 2.24) is 4.72 Å². The molecule has 1 fully saturated rings. The summed E-state index contributed by atoms with van der Waals surface area (Å²) in [6.45, 7) is 1.47. The summed E-state index contributed by atoms with van der Waals surface area (Å²) in [5.41, 5.74) is 5.97. The van der Waals surface area contributed by atoms with E-state index in [2.05, 4.69) is 4.72 Å². The zero-order valence-electron chi connectivity index (χ0n) is 11.1. The maximum atomic E-state index is 14.0. The van der Waals surface area contributed by atoms with Gasteiger partial charge in [-0.15, -0.1) is 0 Å². The Hall–Kier alpha value is -0.990. The van der Waals surface area contributed by atoms with Crippen molar-refractivity contribution in [3.05, 3.63) is 23.5 Å². The Morgan fingerprint density at radius 3 is 2.55 bits per heavy atom. The van der Waals surface area contributed by atoms with Crippen LogP contribution >= 0.6 is 0 Å². The lowest BCUT2D eigenvalue weighted by Crippen LogP contribution is -2.39. The molecule has 0 saturated carbocycles. The zero-order chi connectivity index (χ0) is 14.9. The van der Waals surface area contributed by atoms with E-state index in [1.807, 2.05) is 0 Å². The Kier molecular flexibility index (Phi) is 4.46. The molecule has 1 aliphatic heterocycles. The number of rotatable bonds is 3. The summed E-state index contributed by atoms with van der Waals surface area (Å²) in [5, 5.41) is 0. The number of hydrogen-bond donors (Lipinski definition) is 2. The summed E-state index contributed by atoms with van der Waals surface area (Å²) in [6, 6.07) is 2.20. The van der Waals surface area contributed by atoms with E-state index in [1.54, 1.807) is 0 Å². The number of hydrogen-bond acceptors (Lipinski definition) is 4. The van der Waals surface area contributed by atoms with Gasteiger partial charge in [0, 0.05) is 34.0 Å². The largest absolute Gasteiger partial charge is 0.399 e. The van der Waals surface area contributed by atoms with Crippen LogP contribution in [0.25, 0.3) is 0 Å². The molecule has 2 rings (SSSR count). The van der Waals surface area contributed by atoms with Crippen molar-refractivity contribution in [2.75, 3.05) is 17.2 Å². The van der Waals surface area contributed by atoms with Crippen molar-refractivity contribution in [3.63, 3.8) is 0 Å². The van der Waals surface area contributed by atoms with Crippen molar-refractivity contribution in [3.8, 4) is 0 Å². The lowest BCUT2D eigenvalue weighted by atomic mass is 10.2. The lowest BCUT2D eigenvalue weighted by molar-refractivity contribution is 0.513. The van der Waals surface area contributed by atoms with E-state index in [9.17, 15) is 17.0 Å². The second-order valence-electron chi connectivity index (χ2n) is 4.89. The second-order valence-corrected chi connectivity index (χ2v) is 8.27. The third-order valence-corrected chi connectivity index (χ3v) is 6.14. The van der Waals surface area contributed by atoms with Crippen molar-refractivity contribution in [2.24, 2.45) is 0 Å². The number of aryl methyl sites for hydroxylation is 1. The summed E-state index contributed by atoms with van der Waals surface area (Å²) in [7, 11) is -4.83. The van der Waals surface area contributed by atoms with Gasteiger partial charge >= 0.3 is 0 Å². The Labute approximate surface area is 120 Å². The molecule has 1 aliphatic rings. The fourth-order valence-electron chi connectivity index (χ4n) is 2.15. The third-order valence-electron chi connectivity index (χ3n) is 3.24. The summed E-state index contributed by atoms with van der Waals surface area (Å²) >= 11 is 0. The minimum Gasteiger partial charge on any atom is -0.399 e. The molecule has 0 unspecified atom stereocenters. The van der Waals surface area contributed by atoms with E-state index in [-0.39, 0.29) is 17.3 Å². The van der Waals surface area contributed by atoms with Crippen LogP contribution in [0, 0.1) is 12.7 Å². The maximum Gasteiger partial charge on any atom is 0.243 e. The van der Waals surface area contributed by atoms with Crippen LogP contribution in [0.5, 0.6) is 0 Å². The van der Waals surface area contributed by atoms with E-state index in [4.69, 9.17) is 5.73 Å². The quantitative estimate of drug-likeness (QED) is 0.810. The summed E-state index contributed by atoms with van der Waals surface area (Å²) < 4.78 is 52.1. The fourth-order valence-corrected chi connectivity index (χ4v) is 4.94. The van der Waals surface area contributed by atoms with Crippen LogP contribution in [0.3, 0.4) is 0 Å². The van der Waals surface area contributed by atoms with Gasteiger partial charge in [0.25, 0.3) is 0 Å². The van der Waals surface area contributed by atoms with Crippen molar-refractivity contribution >= 4 is 26.5 Å². The second kappa shape index (κ2) is 5.79. The number of anilines is 1. The first-order valence-corrected chi connectivity index (χ1v) is 9.19. The van der Waals surface area contributed by atoms with E-state index in [0.717, 1.165) is 6.07 Å². The molecule has 20 heavy (non-hydrogen) atoms. The van der Waals surface area contributed by atoms with Crippen molar-refractivity contribution in [1.29, 1.82) is 0 Å². The van der Waals surface area contributed by atoms with Gasteiger partial charge in [0.15, 0.2) is 0 Å². The minimum absolute atomic E-state index is 0.190. The van der Waals surface area contributed by atoms with E-state index < -0.39 is 31.5 Å². The molecule has 112 valence electrons. The normalized spacial score (nSPS) is 23.7. The van der Waals surface area contributed by atoms with Gasteiger partial charge in [-0.25, -0.2) is 17.5 Å². The molecule has 0 spiro atoms. The molecule has 0 amide bonds. The monoisotopic (exact) mass is 320 g/mol. The molecule has 1 aromatic carbocycles. The zero-order valence-corrected chi connectivity index (χ0v) is 12.7. The number of halogens is 1. The topological polar surface area (TPSA) is 89.3 Å². The molecule has 0 aliphatic carbocycles. The van der Waals surface area contributed by atoms with Gasteiger partial charge in [-0.3, -0.25) is 4.21 Å². The molecular weight excluding hydrogens is 303 g/mol. The van der Waals surface area contributed by atoms with E-state index in [0.29, 0.717) is 24.3 Å². The highest BCUT2D eigenvalue weighted by atomic mass is 32.2. The Morgan fingerprint density at radius 2 is 1.95 bits per heavy atom. The average molecular weight is 320 g/mol. The molecule has 1 aromatic rings. The van der Waals surface area contributed by atoms with Gasteiger partial charge in [-0.05, 0) is 37.5 Å². The minimum atomic E-state index is -3.96. The molecule has 3 N–H and O–H groups in total. The first-order valence-electron chi connectivity index (χ1n) is 6.22. The number of nitrogens with two attached hydrogens (primary N) is 1. The highest BCUT2D eigenvalue weighted by Crippen LogP contribution is 2.22. The van der Waals surface area contributed by atoms with Gasteiger partial charge in [0.2, 0.25) is 10.0 Å². The molecule has 1 saturated heterocycles. The lowest BCUT2D eigenvalue weighted by Gasteiger charge is -2.22. The highest BCUT2D eigenvalue weighted by Gasteiger charge is 2.27. The van der Waals surface area contributed by atoms with Gasteiger partial charge in [-0.2, -0.15) is 0 Å². The molecular formula is C12H17FN2O3S2. The number of benzene rings is 1. The van der Waals surface area contributed by atoms with Gasteiger partial charge in [0.1, 0.15) is 10.7 Å². The summed E-state index contributed by atoms with van der Waals surface area (Å²) in [6.07, 6.45) is 0.990. The maximum absolute atomic E-state index is 14.0. The molecule has 5 nitrogen and oxygen atoms in total. The van der Waals surface area contributed by atoms with Crippen LogP contribution in [-0.4, -0.2) is 30.2 Å². The van der Waals surface area contributed by atoms with Gasteiger partial charge in [0.05, 0.1) is 0 Å². The SMILES string of the molecule is Cc1cc(N)cc(S(=O)(=O)NC2CCS(=O)CC2)c1F. The van der Waals surface area contributed by atoms with Crippen LogP contribution < -0.4 is 10.5 Å². The molecule has 0 atom stereocenters. The Morgan fingerprint density at radius 1 is 1.35 bits per heavy atom. The van der Waals surface area contributed by atoms with Gasteiger partial charge in [-0.1, -0.05) is 0 Å². The molecule has 8 heteroatoms. The van der Waals surface area contributed by atoms with E-state index in [1.165, 1.54) is 13.0 Å². The van der Waals surface area contributed by atoms with E-state index >= 15 is 0 Å². The van der Waals surface area contributed by atoms with Crippen LogP contribution in [0.4, 0.5) is 10.1 Å². The predicted octanol–water partition coefficient (Wildman–Crippen LogP) is 0.906. The molecule has 1 heterocycles. The number of nitrogens with one attached hydrogen (secondary N) is 1. The average Bonchev–Trinajstić information content (AvgIpc) is 2.36. The first kappa shape index (κ1) is 15.4. The van der Waals surface area contributed by atoms with Crippen LogP contribution in [0.1, 0.15) is 18.4 Å². The molecule has 0 bridgehead atoms. The standard InChI is InChI=1S/C12H17FN2O3S2/c1-8-6-9(14)7-11(12(8)13)20(17,18)15-10-2-4-19(16)5-3-10/h6-7,10,15H,2-5,14H2,1H3. The van der Waals surface area contributed by atoms with Gasteiger partial charge < -0.3 is 5.73 Å². The molecule has 0 radical (unpaired) electrons. The van der Waals surface area contributed by atoms with Crippen LogP contribution in [0.15, 0.2) is 17.0 Å². The number of sulfonamides is 1. The third kappa shape index (κ3) is 3.36. The van der Waals surface area contributed by atoms with Crippen LogP contribution in [-0.2, 0) is 20.8 Å². The number of nitrogen functional groups attached to an aromatic ring is 1.